The zero-order valence-electron chi connectivity index (χ0n) is 14.0. The Morgan fingerprint density at radius 1 is 1.33 bits per heavy atom. The molecule has 1 aromatic heterocycles. The lowest BCUT2D eigenvalue weighted by Gasteiger charge is -2.10. The zero-order chi connectivity index (χ0) is 19.4. The molecule has 2 aromatic carbocycles. The highest BCUT2D eigenvalue weighted by molar-refractivity contribution is 6.06. The maximum atomic E-state index is 13.4. The van der Waals surface area contributed by atoms with Crippen molar-refractivity contribution in [2.24, 2.45) is 0 Å². The summed E-state index contributed by atoms with van der Waals surface area (Å²) in [4.78, 5) is 26.5. The quantitative estimate of drug-likeness (QED) is 0.521. The zero-order valence-corrected chi connectivity index (χ0v) is 14.0. The number of halogens is 1. The van der Waals surface area contributed by atoms with Gasteiger partial charge in [-0.1, -0.05) is 17.3 Å². The molecule has 0 aliphatic carbocycles. The van der Waals surface area contributed by atoms with Crippen LogP contribution >= 0.6 is 0 Å². The topological polar surface area (TPSA) is 120 Å². The van der Waals surface area contributed by atoms with Gasteiger partial charge in [-0.2, -0.15) is 9.37 Å². The second-order valence-electron chi connectivity index (χ2n) is 5.39. The van der Waals surface area contributed by atoms with Crippen LogP contribution in [0.3, 0.4) is 0 Å². The van der Waals surface area contributed by atoms with Gasteiger partial charge in [0.1, 0.15) is 5.75 Å². The van der Waals surface area contributed by atoms with Gasteiger partial charge in [-0.25, -0.2) is 0 Å². The Bertz CT molecular complexity index is 1000. The molecule has 9 nitrogen and oxygen atoms in total. The highest BCUT2D eigenvalue weighted by Gasteiger charge is 2.18. The molecule has 0 unspecified atom stereocenters. The first kappa shape index (κ1) is 18.0. The molecule has 1 heterocycles. The van der Waals surface area contributed by atoms with Gasteiger partial charge in [0.15, 0.2) is 6.61 Å². The van der Waals surface area contributed by atoms with E-state index in [0.717, 1.165) is 12.1 Å². The van der Waals surface area contributed by atoms with Crippen molar-refractivity contribution in [3.05, 3.63) is 75.7 Å². The van der Waals surface area contributed by atoms with E-state index in [0.29, 0.717) is 11.7 Å². The predicted molar refractivity (Wildman–Crippen MR) is 90.8 cm³/mol. The largest absolute Gasteiger partial charge is 0.485 e. The van der Waals surface area contributed by atoms with E-state index < -0.39 is 22.3 Å². The molecule has 138 valence electrons. The van der Waals surface area contributed by atoms with Gasteiger partial charge in [0.05, 0.1) is 10.5 Å². The molecule has 0 fully saturated rings. The molecule has 3 aromatic rings. The number of aryl methyl sites for hydroxylation is 1. The Morgan fingerprint density at radius 3 is 2.81 bits per heavy atom. The average molecular weight is 372 g/mol. The monoisotopic (exact) mass is 372 g/mol. The van der Waals surface area contributed by atoms with Crippen molar-refractivity contribution in [2.45, 2.75) is 13.5 Å². The van der Waals surface area contributed by atoms with Crippen molar-refractivity contribution in [3.8, 4) is 5.75 Å². The third kappa shape index (κ3) is 4.24. The summed E-state index contributed by atoms with van der Waals surface area (Å²) >= 11 is 0. The number of nitrogens with one attached hydrogen (secondary N) is 1. The van der Waals surface area contributed by atoms with E-state index in [9.17, 15) is 19.3 Å². The molecule has 10 heteroatoms. The van der Waals surface area contributed by atoms with E-state index in [1.807, 2.05) is 0 Å². The van der Waals surface area contributed by atoms with Crippen molar-refractivity contribution in [3.63, 3.8) is 0 Å². The number of amides is 1. The highest BCUT2D eigenvalue weighted by Crippen LogP contribution is 2.24. The SMILES string of the molecule is Cc1nc(COc2ccccc2C(=O)Nc2ccc(F)c([N+](=O)[O-])c2)no1. The molecular weight excluding hydrogens is 359 g/mol. The number of anilines is 1. The number of hydrogen-bond donors (Lipinski definition) is 1. The second-order valence-corrected chi connectivity index (χ2v) is 5.39. The van der Waals surface area contributed by atoms with Crippen LogP contribution in [0.25, 0.3) is 0 Å². The molecular formula is C17H13FN4O5. The van der Waals surface area contributed by atoms with Gasteiger partial charge >= 0.3 is 5.69 Å². The van der Waals surface area contributed by atoms with Crippen molar-refractivity contribution in [2.75, 3.05) is 5.32 Å². The summed E-state index contributed by atoms with van der Waals surface area (Å²) in [5, 5.41) is 17.0. The minimum atomic E-state index is -0.989. The number of nitrogens with zero attached hydrogens (tertiary/aromatic N) is 3. The maximum absolute atomic E-state index is 13.4. The third-order valence-electron chi connectivity index (χ3n) is 3.46. The number of rotatable bonds is 6. The van der Waals surface area contributed by atoms with Gasteiger partial charge in [-0.15, -0.1) is 0 Å². The van der Waals surface area contributed by atoms with E-state index >= 15 is 0 Å². The van der Waals surface area contributed by atoms with Crippen LogP contribution in [-0.2, 0) is 6.61 Å². The minimum absolute atomic E-state index is 0.0103. The first-order valence-electron chi connectivity index (χ1n) is 7.70. The van der Waals surface area contributed by atoms with Crippen LogP contribution < -0.4 is 10.1 Å². The van der Waals surface area contributed by atoms with Crippen molar-refractivity contribution >= 4 is 17.3 Å². The van der Waals surface area contributed by atoms with Gasteiger partial charge in [-0.3, -0.25) is 14.9 Å². The number of hydrogen-bond acceptors (Lipinski definition) is 7. The fourth-order valence-electron chi connectivity index (χ4n) is 2.25. The summed E-state index contributed by atoms with van der Waals surface area (Å²) in [6, 6.07) is 9.49. The van der Waals surface area contributed by atoms with Crippen LogP contribution in [-0.4, -0.2) is 21.0 Å². The summed E-state index contributed by atoms with van der Waals surface area (Å²) in [6.45, 7) is 1.63. The summed E-state index contributed by atoms with van der Waals surface area (Å²) in [5.41, 5.74) is -0.466. The summed E-state index contributed by atoms with van der Waals surface area (Å²) in [5.74, 6) is -0.601. The van der Waals surface area contributed by atoms with Crippen LogP contribution in [0.1, 0.15) is 22.1 Å². The number of nitro groups is 1. The lowest BCUT2D eigenvalue weighted by molar-refractivity contribution is -0.387. The Morgan fingerprint density at radius 2 is 2.11 bits per heavy atom. The van der Waals surface area contributed by atoms with Gasteiger partial charge in [0.2, 0.25) is 17.5 Å². The number of nitro benzene ring substituents is 1. The van der Waals surface area contributed by atoms with Gasteiger partial charge < -0.3 is 14.6 Å². The molecule has 0 saturated heterocycles. The minimum Gasteiger partial charge on any atom is -0.485 e. The van der Waals surface area contributed by atoms with Crippen molar-refractivity contribution in [1.82, 2.24) is 10.1 Å². The van der Waals surface area contributed by atoms with Gasteiger partial charge in [-0.05, 0) is 24.3 Å². The molecule has 0 spiro atoms. The van der Waals surface area contributed by atoms with Crippen molar-refractivity contribution < 1.29 is 23.4 Å². The smallest absolute Gasteiger partial charge is 0.306 e. The fourth-order valence-corrected chi connectivity index (χ4v) is 2.25. The molecule has 27 heavy (non-hydrogen) atoms. The van der Waals surface area contributed by atoms with E-state index in [2.05, 4.69) is 15.5 Å². The Balaban J connectivity index is 1.77. The summed E-state index contributed by atoms with van der Waals surface area (Å²) in [6.07, 6.45) is 0. The maximum Gasteiger partial charge on any atom is 0.306 e. The van der Waals surface area contributed by atoms with Crippen LogP contribution in [0.5, 0.6) is 5.75 Å². The van der Waals surface area contributed by atoms with Crippen LogP contribution in [0.15, 0.2) is 47.0 Å². The molecule has 0 atom stereocenters. The van der Waals surface area contributed by atoms with Crippen LogP contribution in [0, 0.1) is 22.9 Å². The fraction of sp³-hybridized carbons (Fsp3) is 0.118. The molecule has 1 N–H and O–H groups in total. The standard InChI is InChI=1S/C17H13FN4O5/c1-10-19-16(21-27-10)9-26-15-5-3-2-4-12(15)17(23)20-11-6-7-13(18)14(8-11)22(24)25/h2-8H,9H2,1H3,(H,20,23). The molecule has 3 rings (SSSR count). The predicted octanol–water partition coefficient (Wildman–Crippen LogP) is 3.26. The van der Waals surface area contributed by atoms with E-state index in [4.69, 9.17) is 9.26 Å². The average Bonchev–Trinajstić information content (AvgIpc) is 3.07. The van der Waals surface area contributed by atoms with E-state index in [1.54, 1.807) is 25.1 Å². The molecule has 0 aliphatic rings. The van der Waals surface area contributed by atoms with Crippen LogP contribution in [0.4, 0.5) is 15.8 Å². The Kier molecular flexibility index (Phi) is 5.06. The molecule has 0 aliphatic heterocycles. The number of aromatic nitrogens is 2. The number of para-hydroxylation sites is 1. The molecule has 1 amide bonds. The van der Waals surface area contributed by atoms with E-state index in [-0.39, 0.29) is 23.6 Å². The number of benzene rings is 2. The second kappa shape index (κ2) is 7.60. The molecule has 0 bridgehead atoms. The first-order valence-corrected chi connectivity index (χ1v) is 7.70. The molecule has 0 radical (unpaired) electrons. The van der Waals surface area contributed by atoms with Crippen molar-refractivity contribution in [1.29, 1.82) is 0 Å². The van der Waals surface area contributed by atoms with Gasteiger partial charge in [0, 0.05) is 18.7 Å². The number of carbonyl (C=O) groups is 1. The normalized spacial score (nSPS) is 10.4. The highest BCUT2D eigenvalue weighted by atomic mass is 19.1. The first-order chi connectivity index (χ1) is 12.9. The van der Waals surface area contributed by atoms with Crippen LogP contribution in [0.2, 0.25) is 0 Å². The number of carbonyl (C=O) groups excluding carboxylic acids is 1. The number of ether oxygens (including phenoxy) is 1. The summed E-state index contributed by atoms with van der Waals surface area (Å²) < 4.78 is 23.8. The Labute approximate surface area is 151 Å². The van der Waals surface area contributed by atoms with Gasteiger partial charge in [0.25, 0.3) is 5.91 Å². The summed E-state index contributed by atoms with van der Waals surface area (Å²) in [7, 11) is 0. The third-order valence-corrected chi connectivity index (χ3v) is 3.46. The van der Waals surface area contributed by atoms with E-state index in [1.165, 1.54) is 12.1 Å². The lowest BCUT2D eigenvalue weighted by atomic mass is 10.1. The Hall–Kier alpha value is -3.82. The molecule has 0 saturated carbocycles. The lowest BCUT2D eigenvalue weighted by Crippen LogP contribution is -2.14.